The molecule has 0 atom stereocenters. The summed E-state index contributed by atoms with van der Waals surface area (Å²) in [5.41, 5.74) is 0. The zero-order chi connectivity index (χ0) is 8.10. The smallest absolute Gasteiger partial charge is 0.159 e. The summed E-state index contributed by atoms with van der Waals surface area (Å²) in [6.45, 7) is 0. The molecule has 0 aromatic carbocycles. The van der Waals surface area contributed by atoms with E-state index in [9.17, 15) is 4.39 Å². The maximum atomic E-state index is 12.3. The first kappa shape index (κ1) is 8.74. The third-order valence-electron chi connectivity index (χ3n) is 1.08. The molecule has 0 saturated carbocycles. The van der Waals surface area contributed by atoms with E-state index in [4.69, 9.17) is 10.7 Å². The number of hydrogen-bond donors (Lipinski definition) is 0. The number of aryl methyl sites for hydroxylation is 1. The van der Waals surface area contributed by atoms with Crippen LogP contribution in [-0.4, -0.2) is 15.7 Å². The highest BCUT2D eigenvalue weighted by Gasteiger charge is 1.95. The summed E-state index contributed by atoms with van der Waals surface area (Å²) in [6, 6.07) is 0. The van der Waals surface area contributed by atoms with Crippen LogP contribution >= 0.6 is 21.7 Å². The molecule has 0 aliphatic heterocycles. The molecular formula is C6H6ClFN2S. The lowest BCUT2D eigenvalue weighted by molar-refractivity contribution is 0.609. The Balaban J connectivity index is 2.52. The predicted octanol–water partition coefficient (Wildman–Crippen LogP) is 2.05. The Morgan fingerprint density at radius 2 is 2.09 bits per heavy atom. The summed E-state index contributed by atoms with van der Waals surface area (Å²) in [4.78, 5) is 7.52. The summed E-state index contributed by atoms with van der Waals surface area (Å²) in [7, 11) is 6.57. The summed E-state index contributed by atoms with van der Waals surface area (Å²) in [5.74, 6) is 0.958. The van der Waals surface area contributed by atoms with Gasteiger partial charge in [0.25, 0.3) is 0 Å². The van der Waals surface area contributed by atoms with E-state index >= 15 is 0 Å². The third-order valence-corrected chi connectivity index (χ3v) is 1.90. The van der Waals surface area contributed by atoms with Gasteiger partial charge in [-0.2, -0.15) is 0 Å². The van der Waals surface area contributed by atoms with Crippen LogP contribution in [0.4, 0.5) is 4.39 Å². The second-order valence-corrected chi connectivity index (χ2v) is 3.16. The zero-order valence-corrected chi connectivity index (χ0v) is 7.20. The van der Waals surface area contributed by atoms with Crippen molar-refractivity contribution < 1.29 is 4.39 Å². The van der Waals surface area contributed by atoms with Gasteiger partial charge in [0.15, 0.2) is 5.82 Å². The maximum Gasteiger partial charge on any atom is 0.159 e. The molecule has 2 nitrogen and oxygen atoms in total. The van der Waals surface area contributed by atoms with Crippen molar-refractivity contribution in [1.29, 1.82) is 0 Å². The molecule has 0 aliphatic carbocycles. The van der Waals surface area contributed by atoms with E-state index < -0.39 is 5.82 Å². The van der Waals surface area contributed by atoms with Crippen LogP contribution < -0.4 is 0 Å². The van der Waals surface area contributed by atoms with Gasteiger partial charge in [0, 0.05) is 12.2 Å². The second-order valence-electron chi connectivity index (χ2n) is 1.88. The van der Waals surface area contributed by atoms with Crippen LogP contribution in [0.15, 0.2) is 12.4 Å². The number of aromatic nitrogens is 2. The van der Waals surface area contributed by atoms with Crippen molar-refractivity contribution in [2.45, 2.75) is 6.42 Å². The predicted molar refractivity (Wildman–Crippen MR) is 44.0 cm³/mol. The van der Waals surface area contributed by atoms with Crippen molar-refractivity contribution in [1.82, 2.24) is 9.97 Å². The lowest BCUT2D eigenvalue weighted by Crippen LogP contribution is -1.96. The van der Waals surface area contributed by atoms with Gasteiger partial charge >= 0.3 is 0 Å². The molecule has 11 heavy (non-hydrogen) atoms. The first-order valence-corrected chi connectivity index (χ1v) is 4.84. The van der Waals surface area contributed by atoms with Crippen LogP contribution in [0.2, 0.25) is 0 Å². The molecule has 0 amide bonds. The van der Waals surface area contributed by atoms with Crippen molar-refractivity contribution >= 4 is 21.7 Å². The molecule has 1 rings (SSSR count). The number of nitrogens with zero attached hydrogens (tertiary/aromatic N) is 2. The van der Waals surface area contributed by atoms with E-state index in [1.54, 1.807) is 0 Å². The third kappa shape index (κ3) is 3.03. The van der Waals surface area contributed by atoms with Gasteiger partial charge < -0.3 is 0 Å². The fraction of sp³-hybridized carbons (Fsp3) is 0.333. The van der Waals surface area contributed by atoms with Gasteiger partial charge in [-0.05, 0) is 10.7 Å². The molecule has 5 heteroatoms. The van der Waals surface area contributed by atoms with Crippen LogP contribution in [0.5, 0.6) is 0 Å². The molecule has 0 fully saturated rings. The maximum absolute atomic E-state index is 12.3. The van der Waals surface area contributed by atoms with Crippen molar-refractivity contribution in [2.24, 2.45) is 0 Å². The van der Waals surface area contributed by atoms with E-state index in [0.29, 0.717) is 12.2 Å². The van der Waals surface area contributed by atoms with E-state index in [-0.39, 0.29) is 0 Å². The molecule has 0 radical (unpaired) electrons. The lowest BCUT2D eigenvalue weighted by atomic mass is 10.4. The quantitative estimate of drug-likeness (QED) is 0.733. The van der Waals surface area contributed by atoms with Crippen LogP contribution in [0.3, 0.4) is 0 Å². The Kier molecular flexibility index (Phi) is 3.59. The van der Waals surface area contributed by atoms with Gasteiger partial charge in [-0.25, -0.2) is 14.4 Å². The molecule has 0 aliphatic rings. The van der Waals surface area contributed by atoms with Crippen molar-refractivity contribution in [2.75, 3.05) is 5.75 Å². The Hall–Kier alpha value is -0.350. The topological polar surface area (TPSA) is 25.8 Å². The minimum absolute atomic E-state index is 0.410. The first-order valence-electron chi connectivity index (χ1n) is 3.03. The number of rotatable bonds is 3. The van der Waals surface area contributed by atoms with E-state index in [2.05, 4.69) is 9.97 Å². The Labute approximate surface area is 72.7 Å². The Morgan fingerprint density at radius 3 is 2.64 bits per heavy atom. The first-order chi connectivity index (χ1) is 5.33. The highest BCUT2D eigenvalue weighted by molar-refractivity contribution is 8.21. The van der Waals surface area contributed by atoms with Crippen LogP contribution in [0.25, 0.3) is 0 Å². The molecule has 0 bridgehead atoms. The average Bonchev–Trinajstić information content (AvgIpc) is 2.04. The Morgan fingerprint density at radius 1 is 1.45 bits per heavy atom. The second kappa shape index (κ2) is 4.51. The summed E-state index contributed by atoms with van der Waals surface area (Å²) < 4.78 is 12.3. The van der Waals surface area contributed by atoms with Crippen molar-refractivity contribution in [3.8, 4) is 0 Å². The van der Waals surface area contributed by atoms with E-state index in [1.165, 1.54) is 11.0 Å². The van der Waals surface area contributed by atoms with Crippen molar-refractivity contribution in [3.63, 3.8) is 0 Å². The van der Waals surface area contributed by atoms with Crippen LogP contribution in [0.1, 0.15) is 5.82 Å². The molecule has 0 spiro atoms. The van der Waals surface area contributed by atoms with E-state index in [1.807, 2.05) is 0 Å². The fourth-order valence-electron chi connectivity index (χ4n) is 0.598. The van der Waals surface area contributed by atoms with Gasteiger partial charge in [-0.1, -0.05) is 11.0 Å². The van der Waals surface area contributed by atoms with Crippen molar-refractivity contribution in [3.05, 3.63) is 24.0 Å². The van der Waals surface area contributed by atoms with Gasteiger partial charge in [0.05, 0.1) is 12.4 Å². The van der Waals surface area contributed by atoms with Gasteiger partial charge in [-0.15, -0.1) is 0 Å². The average molecular weight is 193 g/mol. The monoisotopic (exact) mass is 192 g/mol. The highest BCUT2D eigenvalue weighted by atomic mass is 35.7. The number of hydrogen-bond acceptors (Lipinski definition) is 3. The molecule has 1 aromatic rings. The minimum atomic E-state index is -0.410. The van der Waals surface area contributed by atoms with Gasteiger partial charge in [0.1, 0.15) is 5.82 Å². The highest BCUT2D eigenvalue weighted by Crippen LogP contribution is 2.07. The molecule has 0 saturated heterocycles. The Bertz CT molecular complexity index is 216. The normalized spacial score (nSPS) is 10.0. The largest absolute Gasteiger partial charge is 0.238 e. The van der Waals surface area contributed by atoms with Crippen LogP contribution in [0, 0.1) is 5.82 Å². The summed E-state index contributed by atoms with van der Waals surface area (Å²) in [6.07, 6.45) is 2.98. The lowest BCUT2D eigenvalue weighted by Gasteiger charge is -1.94. The number of halogens is 2. The van der Waals surface area contributed by atoms with E-state index in [0.717, 1.165) is 18.1 Å². The molecule has 0 unspecified atom stereocenters. The minimum Gasteiger partial charge on any atom is -0.238 e. The molecule has 1 heterocycles. The molecular weight excluding hydrogens is 187 g/mol. The summed E-state index contributed by atoms with van der Waals surface area (Å²) >= 11 is 0. The zero-order valence-electron chi connectivity index (χ0n) is 5.63. The molecule has 1 aromatic heterocycles. The van der Waals surface area contributed by atoms with Gasteiger partial charge in [0.2, 0.25) is 0 Å². The SMILES string of the molecule is Fc1cnc(CCSCl)nc1. The fourth-order valence-corrected chi connectivity index (χ4v) is 1.09. The van der Waals surface area contributed by atoms with Gasteiger partial charge in [-0.3, -0.25) is 0 Å². The molecule has 0 N–H and O–H groups in total. The van der Waals surface area contributed by atoms with Crippen LogP contribution in [-0.2, 0) is 6.42 Å². The summed E-state index contributed by atoms with van der Waals surface area (Å²) in [5, 5.41) is 0. The molecule has 60 valence electrons. The standard InChI is InChI=1S/C6H6ClFN2S/c7-11-2-1-6-9-3-5(8)4-10-6/h3-4H,1-2H2.